The van der Waals surface area contributed by atoms with Gasteiger partial charge in [-0.3, -0.25) is 4.99 Å². The van der Waals surface area contributed by atoms with Gasteiger partial charge in [0.25, 0.3) is 0 Å². The Balaban J connectivity index is 1.74. The van der Waals surface area contributed by atoms with Crippen LogP contribution in [0.2, 0.25) is 0 Å². The van der Waals surface area contributed by atoms with Crippen LogP contribution in [0.25, 0.3) is 0 Å². The van der Waals surface area contributed by atoms with Crippen molar-refractivity contribution in [2.45, 2.75) is 6.54 Å². The van der Waals surface area contributed by atoms with E-state index >= 15 is 0 Å². The Labute approximate surface area is 131 Å². The van der Waals surface area contributed by atoms with Crippen LogP contribution in [0.1, 0.15) is 11.1 Å². The summed E-state index contributed by atoms with van der Waals surface area (Å²) in [5.74, 6) is 0. The summed E-state index contributed by atoms with van der Waals surface area (Å²) in [5.41, 5.74) is 4.34. The van der Waals surface area contributed by atoms with E-state index in [1.807, 2.05) is 60.8 Å². The molecular formula is C20H18N2. The number of rotatable bonds is 5. The summed E-state index contributed by atoms with van der Waals surface area (Å²) >= 11 is 0. The third kappa shape index (κ3) is 3.83. The minimum absolute atomic E-state index is 0.790. The van der Waals surface area contributed by atoms with Gasteiger partial charge in [0.2, 0.25) is 0 Å². The van der Waals surface area contributed by atoms with Crippen LogP contribution in [0.4, 0.5) is 11.4 Å². The highest BCUT2D eigenvalue weighted by Gasteiger charge is 1.99. The van der Waals surface area contributed by atoms with Gasteiger partial charge in [-0.15, -0.1) is 0 Å². The average molecular weight is 286 g/mol. The molecule has 0 aromatic heterocycles. The summed E-state index contributed by atoms with van der Waals surface area (Å²) in [6.45, 7) is 0.790. The Bertz CT molecular complexity index is 734. The molecule has 0 saturated heterocycles. The zero-order valence-corrected chi connectivity index (χ0v) is 12.3. The monoisotopic (exact) mass is 286 g/mol. The van der Waals surface area contributed by atoms with E-state index < -0.39 is 0 Å². The van der Waals surface area contributed by atoms with Crippen LogP contribution in [0.3, 0.4) is 0 Å². The average Bonchev–Trinajstić information content (AvgIpc) is 2.61. The molecule has 0 unspecified atom stereocenters. The van der Waals surface area contributed by atoms with Crippen LogP contribution in [0, 0.1) is 0 Å². The maximum absolute atomic E-state index is 4.60. The lowest BCUT2D eigenvalue weighted by molar-refractivity contribution is 1.15. The Morgan fingerprint density at radius 1 is 0.727 bits per heavy atom. The van der Waals surface area contributed by atoms with Gasteiger partial charge in [-0.25, -0.2) is 0 Å². The standard InChI is InChI=1S/C20H18N2/c1-3-9-17(10-4-1)15-21-19-13-7-8-14-20(19)22-16-18-11-5-2-6-12-18/h1-15,22H,16H2. The molecule has 0 bridgehead atoms. The fraction of sp³-hybridized carbons (Fsp3) is 0.0500. The molecule has 0 spiro atoms. The van der Waals surface area contributed by atoms with Crippen molar-refractivity contribution in [1.82, 2.24) is 0 Å². The van der Waals surface area contributed by atoms with Crippen LogP contribution in [-0.2, 0) is 6.54 Å². The summed E-state index contributed by atoms with van der Waals surface area (Å²) in [6.07, 6.45) is 1.89. The van der Waals surface area contributed by atoms with Gasteiger partial charge in [-0.1, -0.05) is 72.8 Å². The van der Waals surface area contributed by atoms with Crippen molar-refractivity contribution in [2.75, 3.05) is 5.32 Å². The number of para-hydroxylation sites is 2. The number of aliphatic imine (C=N–C) groups is 1. The molecule has 0 saturated carbocycles. The molecule has 1 N–H and O–H groups in total. The van der Waals surface area contributed by atoms with Crippen LogP contribution in [-0.4, -0.2) is 6.21 Å². The number of anilines is 1. The number of hydrogen-bond acceptors (Lipinski definition) is 2. The lowest BCUT2D eigenvalue weighted by atomic mass is 10.2. The van der Waals surface area contributed by atoms with Crippen molar-refractivity contribution in [3.8, 4) is 0 Å². The van der Waals surface area contributed by atoms with Gasteiger partial charge in [-0.2, -0.15) is 0 Å². The molecular weight excluding hydrogens is 268 g/mol. The third-order valence-corrected chi connectivity index (χ3v) is 3.38. The molecule has 0 aliphatic heterocycles. The maximum Gasteiger partial charge on any atom is 0.0861 e. The van der Waals surface area contributed by atoms with Gasteiger partial charge < -0.3 is 5.32 Å². The molecule has 0 atom stereocenters. The molecule has 22 heavy (non-hydrogen) atoms. The van der Waals surface area contributed by atoms with Crippen LogP contribution < -0.4 is 5.32 Å². The number of benzene rings is 3. The lowest BCUT2D eigenvalue weighted by Crippen LogP contribution is -1.99. The summed E-state index contributed by atoms with van der Waals surface area (Å²) in [5, 5.41) is 3.45. The lowest BCUT2D eigenvalue weighted by Gasteiger charge is -2.09. The van der Waals surface area contributed by atoms with E-state index in [0.29, 0.717) is 0 Å². The van der Waals surface area contributed by atoms with Gasteiger partial charge in [0.05, 0.1) is 11.4 Å². The zero-order chi connectivity index (χ0) is 15.0. The second-order valence-corrected chi connectivity index (χ2v) is 5.03. The summed E-state index contributed by atoms with van der Waals surface area (Å²) < 4.78 is 0. The Hall–Kier alpha value is -2.87. The van der Waals surface area contributed by atoms with E-state index in [2.05, 4.69) is 40.6 Å². The van der Waals surface area contributed by atoms with Gasteiger partial charge in [0.1, 0.15) is 0 Å². The topological polar surface area (TPSA) is 24.4 Å². The second-order valence-electron chi connectivity index (χ2n) is 5.03. The highest BCUT2D eigenvalue weighted by Crippen LogP contribution is 2.24. The second kappa shape index (κ2) is 7.23. The van der Waals surface area contributed by atoms with Gasteiger partial charge in [0.15, 0.2) is 0 Å². The number of nitrogens with one attached hydrogen (secondary N) is 1. The first-order valence-corrected chi connectivity index (χ1v) is 7.38. The maximum atomic E-state index is 4.60. The van der Waals surface area contributed by atoms with Crippen molar-refractivity contribution in [2.24, 2.45) is 4.99 Å². The van der Waals surface area contributed by atoms with Gasteiger partial charge >= 0.3 is 0 Å². The first kappa shape index (κ1) is 14.1. The predicted octanol–water partition coefficient (Wildman–Crippen LogP) is 5.05. The van der Waals surface area contributed by atoms with Crippen LogP contribution in [0.15, 0.2) is 89.9 Å². The molecule has 0 radical (unpaired) electrons. The van der Waals surface area contributed by atoms with E-state index in [4.69, 9.17) is 0 Å². The highest BCUT2D eigenvalue weighted by molar-refractivity contribution is 5.84. The molecule has 0 aliphatic carbocycles. The SMILES string of the molecule is C(=Nc1ccccc1NCc1ccccc1)c1ccccc1. The predicted molar refractivity (Wildman–Crippen MR) is 93.9 cm³/mol. The summed E-state index contributed by atoms with van der Waals surface area (Å²) in [7, 11) is 0. The molecule has 108 valence electrons. The fourth-order valence-corrected chi connectivity index (χ4v) is 2.21. The van der Waals surface area contributed by atoms with Crippen LogP contribution in [0.5, 0.6) is 0 Å². The van der Waals surface area contributed by atoms with E-state index in [0.717, 1.165) is 23.5 Å². The number of nitrogens with zero attached hydrogens (tertiary/aromatic N) is 1. The fourth-order valence-electron chi connectivity index (χ4n) is 2.21. The van der Waals surface area contributed by atoms with E-state index in [1.54, 1.807) is 0 Å². The van der Waals surface area contributed by atoms with Gasteiger partial charge in [0, 0.05) is 12.8 Å². The Kier molecular flexibility index (Phi) is 4.63. The van der Waals surface area contributed by atoms with E-state index in [9.17, 15) is 0 Å². The van der Waals surface area contributed by atoms with Crippen molar-refractivity contribution < 1.29 is 0 Å². The van der Waals surface area contributed by atoms with Crippen LogP contribution >= 0.6 is 0 Å². The minimum Gasteiger partial charge on any atom is -0.379 e. The largest absolute Gasteiger partial charge is 0.379 e. The summed E-state index contributed by atoms with van der Waals surface area (Å²) in [6, 6.07) is 28.6. The van der Waals surface area contributed by atoms with Crippen molar-refractivity contribution in [3.05, 3.63) is 96.1 Å². The minimum atomic E-state index is 0.790. The molecule has 0 heterocycles. The third-order valence-electron chi connectivity index (χ3n) is 3.38. The zero-order valence-electron chi connectivity index (χ0n) is 12.3. The van der Waals surface area contributed by atoms with E-state index in [1.165, 1.54) is 5.56 Å². The van der Waals surface area contributed by atoms with Crippen molar-refractivity contribution >= 4 is 17.6 Å². The molecule has 0 fully saturated rings. The molecule has 0 amide bonds. The quantitative estimate of drug-likeness (QED) is 0.652. The Morgan fingerprint density at radius 3 is 2.14 bits per heavy atom. The Morgan fingerprint density at radius 2 is 1.36 bits per heavy atom. The summed E-state index contributed by atoms with van der Waals surface area (Å²) in [4.78, 5) is 4.60. The molecule has 3 aromatic rings. The molecule has 2 nitrogen and oxygen atoms in total. The first-order chi connectivity index (χ1) is 10.9. The normalized spacial score (nSPS) is 10.7. The van der Waals surface area contributed by atoms with Crippen molar-refractivity contribution in [3.63, 3.8) is 0 Å². The smallest absolute Gasteiger partial charge is 0.0861 e. The van der Waals surface area contributed by atoms with Crippen molar-refractivity contribution in [1.29, 1.82) is 0 Å². The molecule has 0 aliphatic rings. The first-order valence-electron chi connectivity index (χ1n) is 7.38. The van der Waals surface area contributed by atoms with Gasteiger partial charge in [-0.05, 0) is 23.3 Å². The number of hydrogen-bond donors (Lipinski definition) is 1. The highest BCUT2D eigenvalue weighted by atomic mass is 14.9. The molecule has 2 heteroatoms. The van der Waals surface area contributed by atoms with E-state index in [-0.39, 0.29) is 0 Å². The molecule has 3 rings (SSSR count). The molecule has 3 aromatic carbocycles.